The average Bonchev–Trinajstić information content (AvgIpc) is 3.19. The number of carbonyl (C=O) groups excluding carboxylic acids is 1. The van der Waals surface area contributed by atoms with Gasteiger partial charge in [0.2, 0.25) is 11.7 Å². The molecule has 0 radical (unpaired) electrons. The molecule has 0 spiro atoms. The molecule has 1 amide bonds. The van der Waals surface area contributed by atoms with Gasteiger partial charge in [0.15, 0.2) is 6.04 Å². The molecule has 1 atom stereocenters. The monoisotopic (exact) mass is 387 g/mol. The normalized spacial score (nSPS) is 21.3. The lowest BCUT2D eigenvalue weighted by Gasteiger charge is -2.35. The van der Waals surface area contributed by atoms with Gasteiger partial charge in [0.25, 0.3) is 0 Å². The van der Waals surface area contributed by atoms with Crippen molar-refractivity contribution in [2.45, 2.75) is 51.6 Å². The second kappa shape index (κ2) is 8.26. The fraction of sp³-hybridized carbons (Fsp3) is 0.600. The number of carbonyl (C=O) groups is 1. The molecule has 2 heterocycles. The zero-order valence-electron chi connectivity index (χ0n) is 17.2. The molecule has 152 valence electrons. The summed E-state index contributed by atoms with van der Waals surface area (Å²) in [6.45, 7) is 8.07. The Morgan fingerprint density at radius 3 is 2.64 bits per heavy atom. The Hall–Kier alpha value is -2.48. The second-order valence-electron chi connectivity index (χ2n) is 8.12. The van der Waals surface area contributed by atoms with E-state index in [1.807, 2.05) is 22.9 Å². The van der Waals surface area contributed by atoms with Gasteiger partial charge in [0, 0.05) is 18.8 Å². The Bertz CT molecular complexity index is 811. The van der Waals surface area contributed by atoms with E-state index in [0.717, 1.165) is 49.5 Å². The van der Waals surface area contributed by atoms with Gasteiger partial charge in [-0.15, -0.1) is 5.10 Å². The van der Waals surface area contributed by atoms with Crippen LogP contribution in [0.2, 0.25) is 0 Å². The molecular formula is C20H31N6O2+. The van der Waals surface area contributed by atoms with Crippen LogP contribution in [0.1, 0.15) is 57.5 Å². The molecule has 2 aromatic rings. The number of ether oxygens (including phenoxy) is 1. The quantitative estimate of drug-likeness (QED) is 0.728. The summed E-state index contributed by atoms with van der Waals surface area (Å²) in [6, 6.07) is 7.95. The maximum atomic E-state index is 11.6. The van der Waals surface area contributed by atoms with E-state index in [2.05, 4.69) is 42.4 Å². The van der Waals surface area contributed by atoms with E-state index >= 15 is 0 Å². The first-order chi connectivity index (χ1) is 13.4. The van der Waals surface area contributed by atoms with Crippen LogP contribution in [0.5, 0.6) is 5.75 Å². The van der Waals surface area contributed by atoms with Gasteiger partial charge < -0.3 is 15.4 Å². The van der Waals surface area contributed by atoms with Crippen molar-refractivity contribution in [3.8, 4) is 5.75 Å². The average molecular weight is 388 g/mol. The van der Waals surface area contributed by atoms with Crippen molar-refractivity contribution in [2.75, 3.05) is 20.2 Å². The van der Waals surface area contributed by atoms with Gasteiger partial charge in [0.1, 0.15) is 5.75 Å². The van der Waals surface area contributed by atoms with Crippen molar-refractivity contribution in [2.24, 2.45) is 11.7 Å². The Morgan fingerprint density at radius 1 is 1.36 bits per heavy atom. The van der Waals surface area contributed by atoms with Crippen LogP contribution >= 0.6 is 0 Å². The predicted molar refractivity (Wildman–Crippen MR) is 105 cm³/mol. The number of nitrogens with two attached hydrogens (primary N) is 1. The van der Waals surface area contributed by atoms with Crippen LogP contribution in [0.4, 0.5) is 0 Å². The van der Waals surface area contributed by atoms with Gasteiger partial charge >= 0.3 is 0 Å². The number of para-hydroxylation sites is 1. The number of nitrogens with zero attached hydrogens (tertiary/aromatic N) is 4. The van der Waals surface area contributed by atoms with E-state index in [9.17, 15) is 4.79 Å². The number of piperidine rings is 1. The number of tetrazole rings is 1. The highest BCUT2D eigenvalue weighted by atomic mass is 16.5. The molecule has 0 aliphatic carbocycles. The van der Waals surface area contributed by atoms with E-state index in [1.54, 1.807) is 7.11 Å². The molecule has 1 aromatic heterocycles. The van der Waals surface area contributed by atoms with E-state index in [4.69, 9.17) is 10.5 Å². The van der Waals surface area contributed by atoms with Gasteiger partial charge in [0.05, 0.1) is 31.3 Å². The minimum Gasteiger partial charge on any atom is -0.496 e. The molecule has 8 heteroatoms. The highest BCUT2D eigenvalue weighted by molar-refractivity contribution is 5.76. The first-order valence-electron chi connectivity index (χ1n) is 9.94. The number of methoxy groups -OCH3 is 1. The summed E-state index contributed by atoms with van der Waals surface area (Å²) in [4.78, 5) is 12.9. The minimum absolute atomic E-state index is 0.0508. The molecule has 1 aromatic carbocycles. The molecule has 1 aliphatic heterocycles. The number of likely N-dealkylation sites (tertiary alicyclic amines) is 1. The smallest absolute Gasteiger partial charge is 0.220 e. The van der Waals surface area contributed by atoms with Gasteiger partial charge in [-0.1, -0.05) is 19.1 Å². The van der Waals surface area contributed by atoms with Crippen LogP contribution in [0.15, 0.2) is 24.3 Å². The first-order valence-corrected chi connectivity index (χ1v) is 9.94. The van der Waals surface area contributed by atoms with Gasteiger partial charge in [-0.2, -0.15) is 0 Å². The first kappa shape index (κ1) is 20.3. The van der Waals surface area contributed by atoms with Crippen LogP contribution in [0.3, 0.4) is 0 Å². The third-order valence-corrected chi connectivity index (χ3v) is 6.08. The van der Waals surface area contributed by atoms with Crippen molar-refractivity contribution < 1.29 is 14.4 Å². The van der Waals surface area contributed by atoms with E-state index in [0.29, 0.717) is 0 Å². The molecule has 0 bridgehead atoms. The molecule has 1 fully saturated rings. The predicted octanol–water partition coefficient (Wildman–Crippen LogP) is 0.696. The maximum Gasteiger partial charge on any atom is 0.220 e. The molecule has 1 saturated heterocycles. The Balaban J connectivity index is 2.05. The fourth-order valence-corrected chi connectivity index (χ4v) is 3.96. The number of rotatable bonds is 7. The number of hydrogen-bond donors (Lipinski definition) is 2. The van der Waals surface area contributed by atoms with Crippen LogP contribution < -0.4 is 15.4 Å². The van der Waals surface area contributed by atoms with Crippen molar-refractivity contribution in [1.29, 1.82) is 0 Å². The molecule has 28 heavy (non-hydrogen) atoms. The van der Waals surface area contributed by atoms with E-state index < -0.39 is 0 Å². The van der Waals surface area contributed by atoms with Crippen LogP contribution in [0, 0.1) is 5.92 Å². The number of aromatic nitrogens is 4. The third-order valence-electron chi connectivity index (χ3n) is 6.08. The van der Waals surface area contributed by atoms with Crippen molar-refractivity contribution >= 4 is 5.91 Å². The summed E-state index contributed by atoms with van der Waals surface area (Å²) in [5, 5.41) is 12.8. The van der Waals surface area contributed by atoms with Gasteiger partial charge in [-0.3, -0.25) is 4.79 Å². The van der Waals surface area contributed by atoms with Crippen LogP contribution in [-0.4, -0.2) is 46.3 Å². The topological polar surface area (TPSA) is 100 Å². The summed E-state index contributed by atoms with van der Waals surface area (Å²) in [7, 11) is 1.68. The number of amides is 1. The van der Waals surface area contributed by atoms with Crippen LogP contribution in [-0.2, 0) is 10.3 Å². The van der Waals surface area contributed by atoms with E-state index in [-0.39, 0.29) is 23.4 Å². The Morgan fingerprint density at radius 2 is 2.04 bits per heavy atom. The lowest BCUT2D eigenvalue weighted by molar-refractivity contribution is -0.931. The lowest BCUT2D eigenvalue weighted by Crippen LogP contribution is -3.13. The summed E-state index contributed by atoms with van der Waals surface area (Å²) < 4.78 is 7.60. The van der Waals surface area contributed by atoms with Crippen LogP contribution in [0.25, 0.3) is 0 Å². The lowest BCUT2D eigenvalue weighted by atomic mass is 9.92. The molecule has 8 nitrogen and oxygen atoms in total. The van der Waals surface area contributed by atoms with Gasteiger partial charge in [-0.25, -0.2) is 4.68 Å². The molecule has 3 rings (SSSR count). The van der Waals surface area contributed by atoms with Gasteiger partial charge in [-0.05, 0) is 42.8 Å². The summed E-state index contributed by atoms with van der Waals surface area (Å²) >= 11 is 0. The highest BCUT2D eigenvalue weighted by Crippen LogP contribution is 2.30. The second-order valence-corrected chi connectivity index (χ2v) is 8.12. The molecule has 0 saturated carbocycles. The summed E-state index contributed by atoms with van der Waals surface area (Å²) in [5.74, 6) is 1.39. The number of quaternary nitrogens is 1. The zero-order chi connectivity index (χ0) is 20.3. The SMILES string of the molecule is CCC(C)(C)n1nnnc1[C@H](c1ccccc1OC)[NH+]1CCC(C(N)=O)CC1. The van der Waals surface area contributed by atoms with Crippen molar-refractivity contribution in [3.63, 3.8) is 0 Å². The summed E-state index contributed by atoms with van der Waals surface area (Å²) in [6.07, 6.45) is 2.45. The number of primary amides is 1. The minimum atomic E-state index is -0.204. The fourth-order valence-electron chi connectivity index (χ4n) is 3.96. The van der Waals surface area contributed by atoms with E-state index in [1.165, 1.54) is 4.90 Å². The number of nitrogens with one attached hydrogen (secondary N) is 1. The largest absolute Gasteiger partial charge is 0.496 e. The third kappa shape index (κ3) is 3.87. The summed E-state index contributed by atoms with van der Waals surface area (Å²) in [5.41, 5.74) is 6.39. The molecular weight excluding hydrogens is 356 g/mol. The Kier molecular flexibility index (Phi) is 5.98. The maximum absolute atomic E-state index is 11.6. The van der Waals surface area contributed by atoms with Crippen molar-refractivity contribution in [1.82, 2.24) is 20.2 Å². The highest BCUT2D eigenvalue weighted by Gasteiger charge is 2.39. The Labute approximate surface area is 166 Å². The molecule has 1 aliphatic rings. The zero-order valence-corrected chi connectivity index (χ0v) is 17.2. The number of hydrogen-bond acceptors (Lipinski definition) is 5. The number of benzene rings is 1. The van der Waals surface area contributed by atoms with Crippen molar-refractivity contribution in [3.05, 3.63) is 35.7 Å². The molecule has 3 N–H and O–H groups in total. The molecule has 0 unspecified atom stereocenters. The standard InChI is InChI=1S/C20H30N6O2/c1-5-20(2,3)26-19(22-23-24-26)17(15-8-6-7-9-16(15)28-4)25-12-10-14(11-13-25)18(21)27/h6-9,14,17H,5,10-13H2,1-4H3,(H2,21,27)/p+1/t17-/m0/s1.